The summed E-state index contributed by atoms with van der Waals surface area (Å²) in [5.74, 6) is -0.986. The summed E-state index contributed by atoms with van der Waals surface area (Å²) in [6, 6.07) is 10.2. The lowest BCUT2D eigenvalue weighted by atomic mass is 10.2. The standard InChI is InChI=1S/C17H14BrClN2O6/c1-10(17(23)20-12-3-2-4-13(8-12)21(24)25)27-16(22)9-26-15-6-5-11(19)7-14(15)18/h2-8,10H,9H2,1H3,(H,20,23). The number of carbonyl (C=O) groups is 2. The van der Waals surface area contributed by atoms with E-state index in [1.165, 1.54) is 31.2 Å². The van der Waals surface area contributed by atoms with Crippen LogP contribution in [0.5, 0.6) is 5.75 Å². The molecule has 1 unspecified atom stereocenters. The van der Waals surface area contributed by atoms with Crippen LogP contribution < -0.4 is 10.1 Å². The summed E-state index contributed by atoms with van der Waals surface area (Å²) < 4.78 is 10.9. The van der Waals surface area contributed by atoms with E-state index >= 15 is 0 Å². The van der Waals surface area contributed by atoms with Crippen molar-refractivity contribution in [3.63, 3.8) is 0 Å². The lowest BCUT2D eigenvalue weighted by molar-refractivity contribution is -0.384. The highest BCUT2D eigenvalue weighted by atomic mass is 79.9. The molecule has 0 aromatic heterocycles. The summed E-state index contributed by atoms with van der Waals surface area (Å²) in [6.45, 7) is 0.970. The Labute approximate surface area is 167 Å². The van der Waals surface area contributed by atoms with Crippen molar-refractivity contribution in [3.05, 3.63) is 62.1 Å². The second-order valence-electron chi connectivity index (χ2n) is 5.29. The summed E-state index contributed by atoms with van der Waals surface area (Å²) in [7, 11) is 0. The fourth-order valence-corrected chi connectivity index (χ4v) is 2.75. The number of amides is 1. The van der Waals surface area contributed by atoms with E-state index in [1.54, 1.807) is 18.2 Å². The van der Waals surface area contributed by atoms with E-state index in [0.717, 1.165) is 0 Å². The molecule has 0 saturated carbocycles. The molecule has 2 aromatic carbocycles. The van der Waals surface area contributed by atoms with Gasteiger partial charge in [0.25, 0.3) is 11.6 Å². The summed E-state index contributed by atoms with van der Waals surface area (Å²) in [5, 5.41) is 13.7. The Balaban J connectivity index is 1.87. The average molecular weight is 458 g/mol. The van der Waals surface area contributed by atoms with Crippen molar-refractivity contribution in [1.82, 2.24) is 0 Å². The Bertz CT molecular complexity index is 876. The molecule has 10 heteroatoms. The maximum absolute atomic E-state index is 12.1. The van der Waals surface area contributed by atoms with E-state index in [2.05, 4.69) is 21.2 Å². The third-order valence-corrected chi connectivity index (χ3v) is 4.10. The molecule has 0 aliphatic carbocycles. The molecular formula is C17H14BrClN2O6. The minimum absolute atomic E-state index is 0.167. The first-order valence-corrected chi connectivity index (χ1v) is 8.76. The summed E-state index contributed by atoms with van der Waals surface area (Å²) in [5.41, 5.74) is 0.0535. The highest BCUT2D eigenvalue weighted by Gasteiger charge is 2.19. The van der Waals surface area contributed by atoms with Crippen molar-refractivity contribution in [3.8, 4) is 5.75 Å². The first-order valence-electron chi connectivity index (χ1n) is 7.59. The molecule has 0 aliphatic heterocycles. The van der Waals surface area contributed by atoms with Crippen molar-refractivity contribution in [2.24, 2.45) is 0 Å². The van der Waals surface area contributed by atoms with Gasteiger partial charge in [0, 0.05) is 22.8 Å². The minimum Gasteiger partial charge on any atom is -0.481 e. The van der Waals surface area contributed by atoms with Crippen LogP contribution in [0.3, 0.4) is 0 Å². The van der Waals surface area contributed by atoms with E-state index < -0.39 is 29.5 Å². The maximum Gasteiger partial charge on any atom is 0.344 e. The highest BCUT2D eigenvalue weighted by Crippen LogP contribution is 2.27. The molecule has 1 atom stereocenters. The molecule has 2 aromatic rings. The fourth-order valence-electron chi connectivity index (χ4n) is 1.95. The van der Waals surface area contributed by atoms with Gasteiger partial charge in [0.15, 0.2) is 12.7 Å². The van der Waals surface area contributed by atoms with Crippen LogP contribution in [0, 0.1) is 10.1 Å². The molecular weight excluding hydrogens is 444 g/mol. The quantitative estimate of drug-likeness (QED) is 0.383. The number of esters is 1. The predicted octanol–water partition coefficient (Wildman–Crippen LogP) is 3.96. The second kappa shape index (κ2) is 9.33. The third kappa shape index (κ3) is 6.22. The van der Waals surface area contributed by atoms with Gasteiger partial charge in [-0.1, -0.05) is 17.7 Å². The van der Waals surface area contributed by atoms with Crippen molar-refractivity contribution < 1.29 is 24.0 Å². The average Bonchev–Trinajstić information content (AvgIpc) is 2.61. The van der Waals surface area contributed by atoms with Crippen LogP contribution in [-0.4, -0.2) is 29.5 Å². The van der Waals surface area contributed by atoms with E-state index in [9.17, 15) is 19.7 Å². The Morgan fingerprint density at radius 3 is 2.70 bits per heavy atom. The van der Waals surface area contributed by atoms with Crippen LogP contribution in [-0.2, 0) is 14.3 Å². The van der Waals surface area contributed by atoms with Crippen molar-refractivity contribution in [2.75, 3.05) is 11.9 Å². The monoisotopic (exact) mass is 456 g/mol. The van der Waals surface area contributed by atoms with Gasteiger partial charge in [-0.05, 0) is 47.1 Å². The van der Waals surface area contributed by atoms with Gasteiger partial charge in [-0.15, -0.1) is 0 Å². The zero-order valence-corrected chi connectivity index (χ0v) is 16.3. The number of benzene rings is 2. The summed E-state index contributed by atoms with van der Waals surface area (Å²) >= 11 is 9.07. The molecule has 0 saturated heterocycles. The fraction of sp³-hybridized carbons (Fsp3) is 0.176. The number of nitrogens with zero attached hydrogens (tertiary/aromatic N) is 1. The lowest BCUT2D eigenvalue weighted by Crippen LogP contribution is -2.31. The van der Waals surface area contributed by atoms with E-state index in [0.29, 0.717) is 15.2 Å². The molecule has 2 rings (SSSR count). The van der Waals surface area contributed by atoms with Gasteiger partial charge in [-0.25, -0.2) is 4.79 Å². The number of nitro benzene ring substituents is 1. The molecule has 8 nitrogen and oxygen atoms in total. The number of nitrogens with one attached hydrogen (secondary N) is 1. The second-order valence-corrected chi connectivity index (χ2v) is 6.58. The zero-order valence-electron chi connectivity index (χ0n) is 14.0. The van der Waals surface area contributed by atoms with Crippen molar-refractivity contribution >= 4 is 50.8 Å². The number of rotatable bonds is 7. The van der Waals surface area contributed by atoms with E-state index in [1.807, 2.05) is 0 Å². The summed E-state index contributed by atoms with van der Waals surface area (Å²) in [4.78, 5) is 34.1. The van der Waals surface area contributed by atoms with Crippen LogP contribution in [0.4, 0.5) is 11.4 Å². The van der Waals surface area contributed by atoms with Gasteiger partial charge in [-0.3, -0.25) is 14.9 Å². The largest absolute Gasteiger partial charge is 0.481 e. The molecule has 0 radical (unpaired) electrons. The molecule has 142 valence electrons. The first kappa shape index (κ1) is 20.7. The van der Waals surface area contributed by atoms with Gasteiger partial charge < -0.3 is 14.8 Å². The van der Waals surface area contributed by atoms with Crippen LogP contribution in [0.2, 0.25) is 5.02 Å². The van der Waals surface area contributed by atoms with Crippen LogP contribution >= 0.6 is 27.5 Å². The number of anilines is 1. The lowest BCUT2D eigenvalue weighted by Gasteiger charge is -2.14. The molecule has 1 N–H and O–H groups in total. The van der Waals surface area contributed by atoms with Crippen molar-refractivity contribution in [1.29, 1.82) is 0 Å². The van der Waals surface area contributed by atoms with Crippen LogP contribution in [0.1, 0.15) is 6.92 Å². The maximum atomic E-state index is 12.1. The van der Waals surface area contributed by atoms with Gasteiger partial charge in [-0.2, -0.15) is 0 Å². The highest BCUT2D eigenvalue weighted by molar-refractivity contribution is 9.10. The number of nitro groups is 1. The Kier molecular flexibility index (Phi) is 7.14. The Morgan fingerprint density at radius 1 is 1.30 bits per heavy atom. The van der Waals surface area contributed by atoms with Gasteiger partial charge in [0.2, 0.25) is 0 Å². The van der Waals surface area contributed by atoms with E-state index in [4.69, 9.17) is 21.1 Å². The first-order chi connectivity index (χ1) is 12.8. The molecule has 27 heavy (non-hydrogen) atoms. The summed E-state index contributed by atoms with van der Waals surface area (Å²) in [6.07, 6.45) is -1.12. The molecule has 0 heterocycles. The third-order valence-electron chi connectivity index (χ3n) is 3.24. The molecule has 0 fully saturated rings. The smallest absolute Gasteiger partial charge is 0.344 e. The molecule has 0 spiro atoms. The number of hydrogen-bond donors (Lipinski definition) is 1. The number of carbonyl (C=O) groups excluding carboxylic acids is 2. The zero-order chi connectivity index (χ0) is 20.0. The van der Waals surface area contributed by atoms with Crippen LogP contribution in [0.25, 0.3) is 0 Å². The normalized spacial score (nSPS) is 11.4. The van der Waals surface area contributed by atoms with Crippen molar-refractivity contribution in [2.45, 2.75) is 13.0 Å². The van der Waals surface area contributed by atoms with Gasteiger partial charge in [0.05, 0.1) is 9.40 Å². The topological polar surface area (TPSA) is 108 Å². The number of hydrogen-bond acceptors (Lipinski definition) is 6. The SMILES string of the molecule is CC(OC(=O)COc1ccc(Cl)cc1Br)C(=O)Nc1cccc([N+](=O)[O-])c1. The molecule has 0 bridgehead atoms. The number of ether oxygens (including phenoxy) is 2. The Morgan fingerprint density at radius 2 is 2.04 bits per heavy atom. The molecule has 1 amide bonds. The Hall–Kier alpha value is -2.65. The van der Waals surface area contributed by atoms with Crippen LogP contribution in [0.15, 0.2) is 46.9 Å². The van der Waals surface area contributed by atoms with Gasteiger partial charge >= 0.3 is 5.97 Å². The number of halogens is 2. The predicted molar refractivity (Wildman–Crippen MR) is 102 cm³/mol. The molecule has 0 aliphatic rings. The number of non-ortho nitro benzene ring substituents is 1. The van der Waals surface area contributed by atoms with Gasteiger partial charge in [0.1, 0.15) is 5.75 Å². The minimum atomic E-state index is -1.12. The van der Waals surface area contributed by atoms with E-state index in [-0.39, 0.29) is 11.4 Å².